The van der Waals surface area contributed by atoms with Crippen molar-refractivity contribution in [2.45, 2.75) is 13.8 Å². The van der Waals surface area contributed by atoms with Crippen molar-refractivity contribution in [2.75, 3.05) is 18.5 Å². The van der Waals surface area contributed by atoms with Gasteiger partial charge in [-0.15, -0.1) is 11.3 Å². The van der Waals surface area contributed by atoms with Gasteiger partial charge in [-0.3, -0.25) is 5.32 Å². The molecule has 6 heteroatoms. The second-order valence-corrected chi connectivity index (χ2v) is 3.85. The lowest BCUT2D eigenvalue weighted by molar-refractivity contribution is 0.131. The summed E-state index contributed by atoms with van der Waals surface area (Å²) in [6.45, 7) is 3.62. The van der Waals surface area contributed by atoms with Gasteiger partial charge in [-0.1, -0.05) is 0 Å². The molecular weight excluding hydrogens is 204 g/mol. The summed E-state index contributed by atoms with van der Waals surface area (Å²) in [4.78, 5) is 16.2. The van der Waals surface area contributed by atoms with Crippen molar-refractivity contribution in [1.29, 1.82) is 0 Å². The number of rotatable bonds is 3. The summed E-state index contributed by atoms with van der Waals surface area (Å²) in [7, 11) is 0. The molecule has 78 valence electrons. The summed E-state index contributed by atoms with van der Waals surface area (Å²) in [6, 6.07) is 0. The number of aryl methyl sites for hydroxylation is 2. The van der Waals surface area contributed by atoms with E-state index in [1.165, 1.54) is 11.3 Å². The second-order valence-electron chi connectivity index (χ2n) is 2.65. The van der Waals surface area contributed by atoms with E-state index >= 15 is 0 Å². The molecule has 5 nitrogen and oxygen atoms in total. The number of hydrogen-bond donors (Lipinski definition) is 2. The number of nitrogens with one attached hydrogen (secondary N) is 1. The van der Waals surface area contributed by atoms with E-state index in [-0.39, 0.29) is 13.2 Å². The summed E-state index contributed by atoms with van der Waals surface area (Å²) in [5.41, 5.74) is 0.896. The van der Waals surface area contributed by atoms with Crippen LogP contribution >= 0.6 is 11.3 Å². The molecular formula is C8H12N2O3S. The first-order valence-electron chi connectivity index (χ1n) is 4.12. The van der Waals surface area contributed by atoms with Gasteiger partial charge in [0, 0.05) is 4.88 Å². The molecule has 2 N–H and O–H groups in total. The maximum absolute atomic E-state index is 11.0. The first-order valence-corrected chi connectivity index (χ1v) is 4.94. The first-order chi connectivity index (χ1) is 6.63. The number of anilines is 1. The fourth-order valence-electron chi connectivity index (χ4n) is 0.788. The summed E-state index contributed by atoms with van der Waals surface area (Å²) in [6.07, 6.45) is -0.590. The van der Waals surface area contributed by atoms with Crippen molar-refractivity contribution < 1.29 is 14.6 Å². The van der Waals surface area contributed by atoms with E-state index in [9.17, 15) is 4.79 Å². The molecule has 0 spiro atoms. The number of carbonyl (C=O) groups excluding carboxylic acids is 1. The number of aliphatic hydroxyl groups excluding tert-OH is 1. The molecule has 1 aromatic heterocycles. The van der Waals surface area contributed by atoms with Crippen LogP contribution in [0.3, 0.4) is 0 Å². The van der Waals surface area contributed by atoms with Crippen LogP contribution < -0.4 is 5.32 Å². The van der Waals surface area contributed by atoms with Crippen molar-refractivity contribution in [1.82, 2.24) is 4.98 Å². The Labute approximate surface area is 85.7 Å². The van der Waals surface area contributed by atoms with E-state index in [0.717, 1.165) is 10.6 Å². The molecule has 0 aromatic carbocycles. The third kappa shape index (κ3) is 2.97. The highest BCUT2D eigenvalue weighted by molar-refractivity contribution is 7.15. The number of hydrogen-bond acceptors (Lipinski definition) is 5. The largest absolute Gasteiger partial charge is 0.447 e. The van der Waals surface area contributed by atoms with E-state index in [4.69, 9.17) is 5.11 Å². The highest BCUT2D eigenvalue weighted by Crippen LogP contribution is 2.20. The Balaban J connectivity index is 2.48. The van der Waals surface area contributed by atoms with Gasteiger partial charge in [0.05, 0.1) is 12.3 Å². The Morgan fingerprint density at radius 1 is 1.64 bits per heavy atom. The number of aromatic nitrogens is 1. The van der Waals surface area contributed by atoms with Crippen LogP contribution in [0.1, 0.15) is 10.6 Å². The van der Waals surface area contributed by atoms with Crippen LogP contribution in [0.25, 0.3) is 0 Å². The van der Waals surface area contributed by atoms with Gasteiger partial charge < -0.3 is 9.84 Å². The lowest BCUT2D eigenvalue weighted by atomic mass is 10.4. The van der Waals surface area contributed by atoms with E-state index < -0.39 is 6.09 Å². The quantitative estimate of drug-likeness (QED) is 0.798. The van der Waals surface area contributed by atoms with Crippen molar-refractivity contribution >= 4 is 22.6 Å². The van der Waals surface area contributed by atoms with Gasteiger partial charge in [0.1, 0.15) is 6.61 Å². The monoisotopic (exact) mass is 216 g/mol. The van der Waals surface area contributed by atoms with Gasteiger partial charge in [-0.2, -0.15) is 0 Å². The smallest absolute Gasteiger partial charge is 0.413 e. The third-order valence-electron chi connectivity index (χ3n) is 1.56. The van der Waals surface area contributed by atoms with Gasteiger partial charge in [0.15, 0.2) is 5.13 Å². The van der Waals surface area contributed by atoms with Crippen molar-refractivity contribution in [3.8, 4) is 0 Å². The highest BCUT2D eigenvalue weighted by atomic mass is 32.1. The lowest BCUT2D eigenvalue weighted by Crippen LogP contribution is -2.15. The second kappa shape index (κ2) is 4.92. The van der Waals surface area contributed by atoms with Crippen LogP contribution in [0.5, 0.6) is 0 Å². The molecule has 1 aromatic rings. The van der Waals surface area contributed by atoms with E-state index in [1.54, 1.807) is 0 Å². The van der Waals surface area contributed by atoms with Crippen molar-refractivity contribution in [2.24, 2.45) is 0 Å². The molecule has 0 fully saturated rings. The minimum atomic E-state index is -0.590. The minimum Gasteiger partial charge on any atom is -0.447 e. The molecule has 14 heavy (non-hydrogen) atoms. The van der Waals surface area contributed by atoms with Crippen LogP contribution in [-0.4, -0.2) is 29.4 Å². The molecule has 0 atom stereocenters. The SMILES string of the molecule is Cc1nc(NC(=O)OCCO)sc1C. The zero-order valence-electron chi connectivity index (χ0n) is 8.03. The maximum Gasteiger partial charge on any atom is 0.413 e. The minimum absolute atomic E-state index is 0.00479. The summed E-state index contributed by atoms with van der Waals surface area (Å²) in [5, 5.41) is 11.4. The van der Waals surface area contributed by atoms with Gasteiger partial charge in [0.25, 0.3) is 0 Å². The topological polar surface area (TPSA) is 71.5 Å². The summed E-state index contributed by atoms with van der Waals surface area (Å²) >= 11 is 1.39. The third-order valence-corrected chi connectivity index (χ3v) is 2.55. The Morgan fingerprint density at radius 3 is 2.86 bits per heavy atom. The van der Waals surface area contributed by atoms with Crippen LogP contribution in [0.2, 0.25) is 0 Å². The Bertz CT molecular complexity index is 305. The number of ether oxygens (including phenoxy) is 1. The Morgan fingerprint density at radius 2 is 2.36 bits per heavy atom. The average Bonchev–Trinajstić information content (AvgIpc) is 2.42. The van der Waals surface area contributed by atoms with Gasteiger partial charge in [0.2, 0.25) is 0 Å². The normalized spacial score (nSPS) is 9.93. The number of amides is 1. The fraction of sp³-hybridized carbons (Fsp3) is 0.500. The van der Waals surface area contributed by atoms with Gasteiger partial charge in [-0.25, -0.2) is 9.78 Å². The van der Waals surface area contributed by atoms with E-state index in [1.807, 2.05) is 13.8 Å². The molecule has 0 radical (unpaired) electrons. The molecule has 0 aliphatic carbocycles. The predicted octanol–water partition coefficient (Wildman–Crippen LogP) is 1.30. The average molecular weight is 216 g/mol. The summed E-state index contributed by atoms with van der Waals surface area (Å²) < 4.78 is 4.61. The van der Waals surface area contributed by atoms with E-state index in [2.05, 4.69) is 15.0 Å². The van der Waals surface area contributed by atoms with Gasteiger partial charge in [-0.05, 0) is 13.8 Å². The number of thiazole rings is 1. The summed E-state index contributed by atoms with van der Waals surface area (Å²) in [5.74, 6) is 0. The van der Waals surface area contributed by atoms with Gasteiger partial charge >= 0.3 is 6.09 Å². The Hall–Kier alpha value is -1.14. The molecule has 1 heterocycles. The zero-order valence-corrected chi connectivity index (χ0v) is 8.85. The molecule has 0 aliphatic rings. The van der Waals surface area contributed by atoms with Crippen LogP contribution in [0.15, 0.2) is 0 Å². The zero-order chi connectivity index (χ0) is 10.6. The maximum atomic E-state index is 11.0. The molecule has 0 unspecified atom stereocenters. The Kier molecular flexibility index (Phi) is 3.84. The highest BCUT2D eigenvalue weighted by Gasteiger charge is 2.07. The molecule has 1 amide bonds. The fourth-order valence-corrected chi connectivity index (χ4v) is 1.59. The van der Waals surface area contributed by atoms with Crippen molar-refractivity contribution in [3.05, 3.63) is 10.6 Å². The molecule has 1 rings (SSSR count). The van der Waals surface area contributed by atoms with E-state index in [0.29, 0.717) is 5.13 Å². The molecule has 0 bridgehead atoms. The van der Waals surface area contributed by atoms with Crippen LogP contribution in [0, 0.1) is 13.8 Å². The molecule has 0 saturated carbocycles. The lowest BCUT2D eigenvalue weighted by Gasteiger charge is -2.01. The molecule has 0 aliphatic heterocycles. The van der Waals surface area contributed by atoms with Crippen molar-refractivity contribution in [3.63, 3.8) is 0 Å². The van der Waals surface area contributed by atoms with Crippen LogP contribution in [-0.2, 0) is 4.74 Å². The molecule has 0 saturated heterocycles. The van der Waals surface area contributed by atoms with Crippen LogP contribution in [0.4, 0.5) is 9.93 Å². The number of carbonyl (C=O) groups is 1. The number of aliphatic hydroxyl groups is 1. The standard InChI is InChI=1S/C8H12N2O3S/c1-5-6(2)14-7(9-5)10-8(12)13-4-3-11/h11H,3-4H2,1-2H3,(H,9,10,12). The number of nitrogens with zero attached hydrogens (tertiary/aromatic N) is 1. The first kappa shape index (κ1) is 10.9. The predicted molar refractivity (Wildman–Crippen MR) is 53.6 cm³/mol.